The number of isocyanates is 1. The van der Waals surface area contributed by atoms with Crippen LogP contribution in [0.3, 0.4) is 0 Å². The lowest BCUT2D eigenvalue weighted by Gasteiger charge is -2.29. The fourth-order valence-corrected chi connectivity index (χ4v) is 3.19. The van der Waals surface area contributed by atoms with E-state index in [0.29, 0.717) is 0 Å². The van der Waals surface area contributed by atoms with Crippen molar-refractivity contribution < 1.29 is 9.53 Å². The Morgan fingerprint density at radius 2 is 2.00 bits per heavy atom. The maximum Gasteiger partial charge on any atom is 0.235 e. The maximum absolute atomic E-state index is 10.9. The van der Waals surface area contributed by atoms with Crippen molar-refractivity contribution in [1.29, 1.82) is 0 Å². The fraction of sp³-hybridized carbons (Fsp3) is 0.611. The first-order valence-corrected chi connectivity index (χ1v) is 7.77. The average molecular weight is 287 g/mol. The van der Waals surface area contributed by atoms with Gasteiger partial charge < -0.3 is 4.74 Å². The molecule has 0 aliphatic heterocycles. The van der Waals surface area contributed by atoms with E-state index in [-0.39, 0.29) is 5.41 Å². The highest BCUT2D eigenvalue weighted by Crippen LogP contribution is 2.46. The average Bonchev–Trinajstić information content (AvgIpc) is 2.96. The van der Waals surface area contributed by atoms with Crippen molar-refractivity contribution in [2.24, 2.45) is 4.99 Å². The van der Waals surface area contributed by atoms with Crippen LogP contribution in [0.1, 0.15) is 64.0 Å². The lowest BCUT2D eigenvalue weighted by molar-refractivity contribution is 0.377. The van der Waals surface area contributed by atoms with Gasteiger partial charge in [-0.25, -0.2) is 4.79 Å². The Bertz CT molecular complexity index is 550. The van der Waals surface area contributed by atoms with Gasteiger partial charge in [0.2, 0.25) is 6.08 Å². The van der Waals surface area contributed by atoms with Gasteiger partial charge >= 0.3 is 0 Å². The van der Waals surface area contributed by atoms with Gasteiger partial charge in [0, 0.05) is 5.56 Å². The van der Waals surface area contributed by atoms with Crippen LogP contribution < -0.4 is 4.74 Å². The molecule has 0 heterocycles. The largest absolute Gasteiger partial charge is 0.496 e. The predicted octanol–water partition coefficient (Wildman–Crippen LogP) is 4.49. The quantitative estimate of drug-likeness (QED) is 0.591. The molecule has 0 unspecified atom stereocenters. The van der Waals surface area contributed by atoms with Crippen molar-refractivity contribution in [3.8, 4) is 5.75 Å². The first-order chi connectivity index (χ1) is 9.99. The Balaban J connectivity index is 2.59. The third kappa shape index (κ3) is 2.89. The van der Waals surface area contributed by atoms with Gasteiger partial charge in [0.15, 0.2) is 0 Å². The molecule has 1 saturated carbocycles. The molecular formula is C18H25NO2. The Morgan fingerprint density at radius 1 is 1.33 bits per heavy atom. The van der Waals surface area contributed by atoms with E-state index in [4.69, 9.17) is 4.74 Å². The van der Waals surface area contributed by atoms with Crippen molar-refractivity contribution in [2.75, 3.05) is 7.11 Å². The minimum atomic E-state index is -0.438. The highest BCUT2D eigenvalue weighted by atomic mass is 16.5. The molecule has 1 aliphatic rings. The van der Waals surface area contributed by atoms with Gasteiger partial charge in [0.1, 0.15) is 11.3 Å². The SMILES string of the molecule is CCC(C)(C)c1ccc(OC)c(C2(N=C=O)CCCC2)c1. The molecule has 1 fully saturated rings. The van der Waals surface area contributed by atoms with Crippen LogP contribution in [0.25, 0.3) is 0 Å². The summed E-state index contributed by atoms with van der Waals surface area (Å²) in [5.41, 5.74) is 1.98. The van der Waals surface area contributed by atoms with Crippen LogP contribution in [-0.2, 0) is 15.7 Å². The van der Waals surface area contributed by atoms with Crippen molar-refractivity contribution in [1.82, 2.24) is 0 Å². The number of methoxy groups -OCH3 is 1. The van der Waals surface area contributed by atoms with Crippen LogP contribution in [0.2, 0.25) is 0 Å². The number of hydrogen-bond donors (Lipinski definition) is 0. The van der Waals surface area contributed by atoms with E-state index in [9.17, 15) is 4.79 Å². The molecule has 0 atom stereocenters. The normalized spacial score (nSPS) is 17.3. The molecule has 0 N–H and O–H groups in total. The van der Waals surface area contributed by atoms with Crippen molar-refractivity contribution in [3.63, 3.8) is 0 Å². The smallest absolute Gasteiger partial charge is 0.235 e. The summed E-state index contributed by atoms with van der Waals surface area (Å²) in [6.07, 6.45) is 6.83. The monoisotopic (exact) mass is 287 g/mol. The zero-order valence-electron chi connectivity index (χ0n) is 13.5. The van der Waals surface area contributed by atoms with Crippen LogP contribution in [0, 0.1) is 0 Å². The topological polar surface area (TPSA) is 38.7 Å². The minimum Gasteiger partial charge on any atom is -0.496 e. The molecule has 114 valence electrons. The van der Waals surface area contributed by atoms with Gasteiger partial charge in [-0.2, -0.15) is 4.99 Å². The van der Waals surface area contributed by atoms with E-state index < -0.39 is 5.54 Å². The molecule has 1 aromatic carbocycles. The number of carbonyl (C=O) groups excluding carboxylic acids is 1. The lowest BCUT2D eigenvalue weighted by atomic mass is 9.78. The molecule has 3 nitrogen and oxygen atoms in total. The van der Waals surface area contributed by atoms with Gasteiger partial charge in [0.25, 0.3) is 0 Å². The summed E-state index contributed by atoms with van der Waals surface area (Å²) in [5, 5.41) is 0. The highest BCUT2D eigenvalue weighted by Gasteiger charge is 2.38. The lowest BCUT2D eigenvalue weighted by Crippen LogP contribution is -2.22. The zero-order valence-corrected chi connectivity index (χ0v) is 13.5. The van der Waals surface area contributed by atoms with E-state index in [1.165, 1.54) is 5.56 Å². The second-order valence-electron chi connectivity index (χ2n) is 6.59. The van der Waals surface area contributed by atoms with Gasteiger partial charge in [-0.05, 0) is 42.4 Å². The molecule has 0 aromatic heterocycles. The highest BCUT2D eigenvalue weighted by molar-refractivity contribution is 5.47. The minimum absolute atomic E-state index is 0.103. The molecule has 2 rings (SSSR count). The number of rotatable bonds is 5. The Kier molecular flexibility index (Phi) is 4.53. The maximum atomic E-state index is 10.9. The summed E-state index contributed by atoms with van der Waals surface area (Å²) in [5.74, 6) is 0.826. The molecule has 21 heavy (non-hydrogen) atoms. The molecule has 0 amide bonds. The molecule has 3 heteroatoms. The fourth-order valence-electron chi connectivity index (χ4n) is 3.19. The summed E-state index contributed by atoms with van der Waals surface area (Å²) < 4.78 is 5.54. The van der Waals surface area contributed by atoms with Crippen LogP contribution >= 0.6 is 0 Å². The van der Waals surface area contributed by atoms with Crippen LogP contribution in [0.15, 0.2) is 23.2 Å². The van der Waals surface area contributed by atoms with Crippen LogP contribution in [0.5, 0.6) is 5.75 Å². The number of benzene rings is 1. The zero-order chi connectivity index (χ0) is 15.5. The third-order valence-corrected chi connectivity index (χ3v) is 5.06. The molecular weight excluding hydrogens is 262 g/mol. The van der Waals surface area contributed by atoms with Crippen molar-refractivity contribution in [3.05, 3.63) is 29.3 Å². The predicted molar refractivity (Wildman–Crippen MR) is 84.6 cm³/mol. The number of ether oxygens (including phenoxy) is 1. The first-order valence-electron chi connectivity index (χ1n) is 7.77. The van der Waals surface area contributed by atoms with E-state index >= 15 is 0 Å². The summed E-state index contributed by atoms with van der Waals surface area (Å²) >= 11 is 0. The molecule has 0 saturated heterocycles. The number of aliphatic imine (C=N–C) groups is 1. The summed E-state index contributed by atoms with van der Waals surface area (Å²) in [7, 11) is 1.68. The summed E-state index contributed by atoms with van der Waals surface area (Å²) in [6.45, 7) is 6.67. The summed E-state index contributed by atoms with van der Waals surface area (Å²) in [4.78, 5) is 15.1. The molecule has 1 aromatic rings. The van der Waals surface area contributed by atoms with Crippen LogP contribution in [-0.4, -0.2) is 13.2 Å². The van der Waals surface area contributed by atoms with E-state index in [1.807, 2.05) is 6.07 Å². The Labute approximate surface area is 127 Å². The van der Waals surface area contributed by atoms with E-state index in [2.05, 4.69) is 37.9 Å². The van der Waals surface area contributed by atoms with Crippen LogP contribution in [0.4, 0.5) is 0 Å². The van der Waals surface area contributed by atoms with Gasteiger partial charge in [0.05, 0.1) is 7.11 Å². The standard InChI is InChI=1S/C18H25NO2/c1-5-17(2,3)14-8-9-16(21-4)15(12-14)18(19-13-20)10-6-7-11-18/h8-9,12H,5-7,10-11H2,1-4H3. The van der Waals surface area contributed by atoms with Gasteiger partial charge in [-0.1, -0.05) is 39.7 Å². The molecule has 0 spiro atoms. The van der Waals surface area contributed by atoms with E-state index in [0.717, 1.165) is 43.4 Å². The second-order valence-corrected chi connectivity index (χ2v) is 6.59. The molecule has 0 radical (unpaired) electrons. The van der Waals surface area contributed by atoms with Crippen molar-refractivity contribution in [2.45, 2.75) is 63.8 Å². The van der Waals surface area contributed by atoms with Gasteiger partial charge in [-0.3, -0.25) is 0 Å². The number of hydrogen-bond acceptors (Lipinski definition) is 3. The molecule has 1 aliphatic carbocycles. The second kappa shape index (κ2) is 6.03. The first kappa shape index (κ1) is 15.8. The number of nitrogens with zero attached hydrogens (tertiary/aromatic N) is 1. The Hall–Kier alpha value is -1.60. The third-order valence-electron chi connectivity index (χ3n) is 5.06. The van der Waals surface area contributed by atoms with Crippen molar-refractivity contribution >= 4 is 6.08 Å². The molecule has 0 bridgehead atoms. The van der Waals surface area contributed by atoms with Gasteiger partial charge in [-0.15, -0.1) is 0 Å². The van der Waals surface area contributed by atoms with E-state index in [1.54, 1.807) is 13.2 Å². The summed E-state index contributed by atoms with van der Waals surface area (Å²) in [6, 6.07) is 6.33. The Morgan fingerprint density at radius 3 is 2.52 bits per heavy atom.